The van der Waals surface area contributed by atoms with E-state index < -0.39 is 5.97 Å². The van der Waals surface area contributed by atoms with Crippen LogP contribution in [0.2, 0.25) is 0 Å². The van der Waals surface area contributed by atoms with Crippen LogP contribution in [0.15, 0.2) is 30.3 Å². The Morgan fingerprint density at radius 1 is 1.17 bits per heavy atom. The van der Waals surface area contributed by atoms with Gasteiger partial charge in [-0.25, -0.2) is 4.79 Å². The maximum absolute atomic E-state index is 12.4. The number of urea groups is 1. The average molecular weight is 330 g/mol. The summed E-state index contributed by atoms with van der Waals surface area (Å²) in [4.78, 5) is 25.3. The Labute approximate surface area is 143 Å². The maximum Gasteiger partial charge on any atom is 0.317 e. The summed E-state index contributed by atoms with van der Waals surface area (Å²) < 4.78 is 0. The zero-order chi connectivity index (χ0) is 17.2. The van der Waals surface area contributed by atoms with E-state index in [1.165, 1.54) is 5.56 Å². The second kappa shape index (κ2) is 6.83. The van der Waals surface area contributed by atoms with Crippen LogP contribution in [-0.2, 0) is 10.2 Å². The zero-order valence-electron chi connectivity index (χ0n) is 14.2. The number of aliphatic carboxylic acids is 1. The number of amides is 2. The molecule has 130 valence electrons. The van der Waals surface area contributed by atoms with Crippen molar-refractivity contribution < 1.29 is 14.7 Å². The van der Waals surface area contributed by atoms with Crippen LogP contribution in [0.5, 0.6) is 0 Å². The van der Waals surface area contributed by atoms with Crippen molar-refractivity contribution >= 4 is 12.0 Å². The molecule has 1 aromatic rings. The number of carboxylic acids is 1. The molecule has 0 aromatic heterocycles. The second-order valence-corrected chi connectivity index (χ2v) is 7.19. The largest absolute Gasteiger partial charge is 0.481 e. The number of hydrogen-bond acceptors (Lipinski definition) is 2. The molecular weight excluding hydrogens is 304 g/mol. The number of likely N-dealkylation sites (tertiary alicyclic amines) is 1. The summed E-state index contributed by atoms with van der Waals surface area (Å²) >= 11 is 0. The molecule has 1 aliphatic carbocycles. The van der Waals surface area contributed by atoms with Crippen LogP contribution in [0.4, 0.5) is 4.79 Å². The Bertz CT molecular complexity index is 588. The smallest absolute Gasteiger partial charge is 0.317 e. The van der Waals surface area contributed by atoms with E-state index in [0.29, 0.717) is 12.8 Å². The summed E-state index contributed by atoms with van der Waals surface area (Å²) in [5.74, 6) is -0.953. The molecule has 3 rings (SSSR count). The summed E-state index contributed by atoms with van der Waals surface area (Å²) in [6, 6.07) is 10.5. The lowest BCUT2D eigenvalue weighted by Gasteiger charge is -2.50. The van der Waals surface area contributed by atoms with E-state index in [1.807, 2.05) is 11.0 Å². The lowest BCUT2D eigenvalue weighted by molar-refractivity contribution is -0.142. The molecule has 2 amide bonds. The molecule has 5 nitrogen and oxygen atoms in total. The lowest BCUT2D eigenvalue weighted by atomic mass is 9.72. The van der Waals surface area contributed by atoms with Gasteiger partial charge in [0.15, 0.2) is 0 Å². The highest BCUT2D eigenvalue weighted by Crippen LogP contribution is 2.37. The zero-order valence-corrected chi connectivity index (χ0v) is 14.2. The molecule has 1 heterocycles. The average Bonchev–Trinajstić information content (AvgIpc) is 2.56. The molecule has 0 bridgehead atoms. The molecule has 0 atom stereocenters. The van der Waals surface area contributed by atoms with Crippen molar-refractivity contribution in [3.63, 3.8) is 0 Å². The Morgan fingerprint density at radius 2 is 1.79 bits per heavy atom. The molecule has 0 radical (unpaired) electrons. The fourth-order valence-corrected chi connectivity index (χ4v) is 3.98. The molecule has 1 aromatic carbocycles. The third-order valence-electron chi connectivity index (χ3n) is 5.74. The first-order chi connectivity index (χ1) is 11.5. The van der Waals surface area contributed by atoms with Crippen molar-refractivity contribution in [2.24, 2.45) is 5.92 Å². The van der Waals surface area contributed by atoms with Crippen LogP contribution < -0.4 is 5.32 Å². The van der Waals surface area contributed by atoms with E-state index >= 15 is 0 Å². The predicted octanol–water partition coefficient (Wildman–Crippen LogP) is 3.00. The summed E-state index contributed by atoms with van der Waals surface area (Å²) in [5.41, 5.74) is 1.39. The van der Waals surface area contributed by atoms with Gasteiger partial charge in [0.25, 0.3) is 0 Å². The van der Waals surface area contributed by atoms with Gasteiger partial charge in [0.1, 0.15) is 0 Å². The quantitative estimate of drug-likeness (QED) is 0.891. The van der Waals surface area contributed by atoms with Gasteiger partial charge in [-0.3, -0.25) is 4.79 Å². The van der Waals surface area contributed by atoms with Crippen LogP contribution in [0.1, 0.15) is 44.6 Å². The van der Waals surface area contributed by atoms with Gasteiger partial charge >= 0.3 is 12.0 Å². The first-order valence-electron chi connectivity index (χ1n) is 8.88. The molecule has 2 N–H and O–H groups in total. The molecule has 2 aliphatic rings. The number of carbonyl (C=O) groups is 2. The highest BCUT2D eigenvalue weighted by molar-refractivity contribution is 5.76. The SMILES string of the molecule is CCC1(c2ccccc2)CN(C(=O)NC2CCC(C(=O)O)CC2)C1. The van der Waals surface area contributed by atoms with Gasteiger partial charge in [0.05, 0.1) is 5.92 Å². The molecule has 0 spiro atoms. The van der Waals surface area contributed by atoms with E-state index in [2.05, 4.69) is 36.5 Å². The van der Waals surface area contributed by atoms with Crippen LogP contribution in [0.25, 0.3) is 0 Å². The van der Waals surface area contributed by atoms with Gasteiger partial charge in [-0.15, -0.1) is 0 Å². The number of hydrogen-bond donors (Lipinski definition) is 2. The van der Waals surface area contributed by atoms with Crippen LogP contribution in [-0.4, -0.2) is 41.1 Å². The highest BCUT2D eigenvalue weighted by atomic mass is 16.4. The molecule has 5 heteroatoms. The van der Waals surface area contributed by atoms with Crippen molar-refractivity contribution in [3.8, 4) is 0 Å². The number of rotatable bonds is 4. The minimum Gasteiger partial charge on any atom is -0.481 e. The third-order valence-corrected chi connectivity index (χ3v) is 5.74. The molecule has 1 aliphatic heterocycles. The van der Waals surface area contributed by atoms with Crippen molar-refractivity contribution in [2.45, 2.75) is 50.5 Å². The Hall–Kier alpha value is -2.04. The summed E-state index contributed by atoms with van der Waals surface area (Å²) in [7, 11) is 0. The Morgan fingerprint density at radius 3 is 2.33 bits per heavy atom. The van der Waals surface area contributed by atoms with Crippen LogP contribution in [0.3, 0.4) is 0 Å². The third kappa shape index (κ3) is 3.25. The predicted molar refractivity (Wildman–Crippen MR) is 91.9 cm³/mol. The van der Waals surface area contributed by atoms with E-state index in [9.17, 15) is 9.59 Å². The van der Waals surface area contributed by atoms with E-state index in [4.69, 9.17) is 5.11 Å². The number of benzene rings is 1. The van der Waals surface area contributed by atoms with Crippen molar-refractivity contribution in [1.29, 1.82) is 0 Å². The first kappa shape index (κ1) is 16.8. The minimum absolute atomic E-state index is 0.00576. The van der Waals surface area contributed by atoms with Gasteiger partial charge in [-0.1, -0.05) is 37.3 Å². The molecular formula is C19H26N2O3. The van der Waals surface area contributed by atoms with Gasteiger partial charge in [0.2, 0.25) is 0 Å². The molecule has 24 heavy (non-hydrogen) atoms. The first-order valence-corrected chi connectivity index (χ1v) is 8.88. The molecule has 1 saturated heterocycles. The van der Waals surface area contributed by atoms with E-state index in [0.717, 1.165) is 32.4 Å². The maximum atomic E-state index is 12.4. The fourth-order valence-electron chi connectivity index (χ4n) is 3.98. The monoisotopic (exact) mass is 330 g/mol. The number of carboxylic acid groups (broad SMARTS) is 1. The summed E-state index contributed by atoms with van der Waals surface area (Å²) in [6.07, 6.45) is 3.85. The van der Waals surface area contributed by atoms with Crippen LogP contribution in [0, 0.1) is 5.92 Å². The van der Waals surface area contributed by atoms with Gasteiger partial charge in [-0.2, -0.15) is 0 Å². The number of nitrogens with one attached hydrogen (secondary N) is 1. The minimum atomic E-state index is -0.710. The normalized spacial score (nSPS) is 25.6. The van der Waals surface area contributed by atoms with Crippen molar-refractivity contribution in [1.82, 2.24) is 10.2 Å². The van der Waals surface area contributed by atoms with E-state index in [1.54, 1.807) is 0 Å². The molecule has 1 saturated carbocycles. The van der Waals surface area contributed by atoms with Gasteiger partial charge < -0.3 is 15.3 Å². The fraction of sp³-hybridized carbons (Fsp3) is 0.579. The molecule has 2 fully saturated rings. The molecule has 0 unspecified atom stereocenters. The van der Waals surface area contributed by atoms with Crippen molar-refractivity contribution in [2.75, 3.05) is 13.1 Å². The van der Waals surface area contributed by atoms with E-state index in [-0.39, 0.29) is 23.4 Å². The Kier molecular flexibility index (Phi) is 4.78. The number of carbonyl (C=O) groups excluding carboxylic acids is 1. The summed E-state index contributed by atoms with van der Waals surface area (Å²) in [6.45, 7) is 3.68. The standard InChI is InChI=1S/C19H26N2O3/c1-2-19(15-6-4-3-5-7-15)12-21(13-19)18(24)20-16-10-8-14(9-11-16)17(22)23/h3-7,14,16H,2,8-13H2,1H3,(H,20,24)(H,22,23). The van der Waals surface area contributed by atoms with Crippen molar-refractivity contribution in [3.05, 3.63) is 35.9 Å². The lowest BCUT2D eigenvalue weighted by Crippen LogP contribution is -2.63. The van der Waals surface area contributed by atoms with Gasteiger partial charge in [-0.05, 0) is 37.7 Å². The topological polar surface area (TPSA) is 69.6 Å². The Balaban J connectivity index is 1.51. The second-order valence-electron chi connectivity index (χ2n) is 7.19. The number of nitrogens with zero attached hydrogens (tertiary/aromatic N) is 1. The van der Waals surface area contributed by atoms with Gasteiger partial charge in [0, 0.05) is 24.5 Å². The van der Waals surface area contributed by atoms with Crippen LogP contribution >= 0.6 is 0 Å². The highest BCUT2D eigenvalue weighted by Gasteiger charge is 2.45. The summed E-state index contributed by atoms with van der Waals surface area (Å²) in [5, 5.41) is 12.1.